The molecule has 0 spiro atoms. The number of nitrogens with one attached hydrogen (secondary N) is 1. The average molecular weight is 277 g/mol. The van der Waals surface area contributed by atoms with Crippen LogP contribution in [0.1, 0.15) is 40.5 Å². The number of hydrogen-bond acceptors (Lipinski definition) is 2. The number of hydrogen-bond donors (Lipinski definition) is 1. The Morgan fingerprint density at radius 3 is 2.17 bits per heavy atom. The zero-order valence-corrected chi connectivity index (χ0v) is 13.1. The first kappa shape index (κ1) is 17.7. The van der Waals surface area contributed by atoms with E-state index in [1.807, 2.05) is 0 Å². The summed E-state index contributed by atoms with van der Waals surface area (Å²) in [4.78, 5) is 14.5. The molecule has 1 saturated heterocycles. The standard InChI is InChI=1S/C14H28N2O.ClH/c1-11(2)9-16(10-12(3)4)14(17)13-6-5-7-15-8-13;/h11-13,15H,5-10H2,1-4H3;1H. The summed E-state index contributed by atoms with van der Waals surface area (Å²) in [7, 11) is 0. The Kier molecular flexibility index (Phi) is 8.62. The van der Waals surface area contributed by atoms with Gasteiger partial charge in [0.1, 0.15) is 0 Å². The van der Waals surface area contributed by atoms with Crippen molar-refractivity contribution in [1.82, 2.24) is 10.2 Å². The molecule has 1 aliphatic rings. The summed E-state index contributed by atoms with van der Waals surface area (Å²) in [5.74, 6) is 1.67. The maximum atomic E-state index is 12.5. The highest BCUT2D eigenvalue weighted by atomic mass is 35.5. The molecule has 1 N–H and O–H groups in total. The van der Waals surface area contributed by atoms with E-state index in [4.69, 9.17) is 0 Å². The third-order valence-corrected chi connectivity index (χ3v) is 3.13. The van der Waals surface area contributed by atoms with Crippen molar-refractivity contribution in [2.24, 2.45) is 17.8 Å². The predicted octanol–water partition coefficient (Wildman–Crippen LogP) is 2.55. The lowest BCUT2D eigenvalue weighted by molar-refractivity contribution is -0.137. The van der Waals surface area contributed by atoms with Crippen LogP contribution in [0.15, 0.2) is 0 Å². The van der Waals surface area contributed by atoms with Crippen molar-refractivity contribution in [3.63, 3.8) is 0 Å². The fraction of sp³-hybridized carbons (Fsp3) is 0.929. The van der Waals surface area contributed by atoms with Gasteiger partial charge in [-0.3, -0.25) is 4.79 Å². The molecule has 1 heterocycles. The molecule has 18 heavy (non-hydrogen) atoms. The normalized spacial score (nSPS) is 19.8. The summed E-state index contributed by atoms with van der Waals surface area (Å²) in [5, 5.41) is 3.33. The first-order valence-corrected chi connectivity index (χ1v) is 7.00. The SMILES string of the molecule is CC(C)CN(CC(C)C)C(=O)C1CCCNC1.Cl. The first-order chi connectivity index (χ1) is 8.00. The van der Waals surface area contributed by atoms with Gasteiger partial charge < -0.3 is 10.2 Å². The van der Waals surface area contributed by atoms with Gasteiger partial charge in [0.25, 0.3) is 0 Å². The summed E-state index contributed by atoms with van der Waals surface area (Å²) >= 11 is 0. The molecular weight excluding hydrogens is 248 g/mol. The number of rotatable bonds is 5. The predicted molar refractivity (Wildman–Crippen MR) is 79.1 cm³/mol. The molecule has 4 heteroatoms. The van der Waals surface area contributed by atoms with Crippen molar-refractivity contribution in [2.75, 3.05) is 26.2 Å². The van der Waals surface area contributed by atoms with Gasteiger partial charge in [0.15, 0.2) is 0 Å². The third-order valence-electron chi connectivity index (χ3n) is 3.13. The number of carbonyl (C=O) groups is 1. The lowest BCUT2D eigenvalue weighted by atomic mass is 9.97. The van der Waals surface area contributed by atoms with Crippen LogP contribution in [0.4, 0.5) is 0 Å². The molecule has 108 valence electrons. The smallest absolute Gasteiger partial charge is 0.226 e. The van der Waals surface area contributed by atoms with E-state index >= 15 is 0 Å². The van der Waals surface area contributed by atoms with Gasteiger partial charge in [-0.25, -0.2) is 0 Å². The number of nitrogens with zero attached hydrogens (tertiary/aromatic N) is 1. The maximum Gasteiger partial charge on any atom is 0.226 e. The Morgan fingerprint density at radius 2 is 1.78 bits per heavy atom. The van der Waals surface area contributed by atoms with E-state index < -0.39 is 0 Å². The second-order valence-corrected chi connectivity index (χ2v) is 6.07. The van der Waals surface area contributed by atoms with E-state index in [9.17, 15) is 4.79 Å². The zero-order chi connectivity index (χ0) is 12.8. The Balaban J connectivity index is 0.00000289. The molecule has 1 amide bonds. The van der Waals surface area contributed by atoms with Gasteiger partial charge in [-0.1, -0.05) is 27.7 Å². The van der Waals surface area contributed by atoms with Crippen LogP contribution in [0, 0.1) is 17.8 Å². The molecule has 0 bridgehead atoms. The largest absolute Gasteiger partial charge is 0.342 e. The van der Waals surface area contributed by atoms with E-state index in [0.717, 1.165) is 39.0 Å². The van der Waals surface area contributed by atoms with Crippen LogP contribution in [-0.2, 0) is 4.79 Å². The Morgan fingerprint density at radius 1 is 1.22 bits per heavy atom. The molecule has 0 aromatic heterocycles. The van der Waals surface area contributed by atoms with Crippen molar-refractivity contribution in [2.45, 2.75) is 40.5 Å². The van der Waals surface area contributed by atoms with Crippen molar-refractivity contribution in [3.05, 3.63) is 0 Å². The molecule has 1 unspecified atom stereocenters. The van der Waals surface area contributed by atoms with E-state index in [1.165, 1.54) is 0 Å². The van der Waals surface area contributed by atoms with E-state index in [2.05, 4.69) is 37.9 Å². The monoisotopic (exact) mass is 276 g/mol. The Bertz CT molecular complexity index is 228. The number of carbonyl (C=O) groups excluding carboxylic acids is 1. The van der Waals surface area contributed by atoms with Crippen LogP contribution in [0.2, 0.25) is 0 Å². The van der Waals surface area contributed by atoms with Crippen molar-refractivity contribution in [3.8, 4) is 0 Å². The highest BCUT2D eigenvalue weighted by Gasteiger charge is 2.26. The molecule has 1 rings (SSSR count). The topological polar surface area (TPSA) is 32.3 Å². The van der Waals surface area contributed by atoms with Crippen LogP contribution in [0.25, 0.3) is 0 Å². The maximum absolute atomic E-state index is 12.5. The molecule has 1 atom stereocenters. The van der Waals surface area contributed by atoms with Crippen LogP contribution in [0.3, 0.4) is 0 Å². The average Bonchev–Trinajstić information content (AvgIpc) is 2.27. The number of piperidine rings is 1. The highest BCUT2D eigenvalue weighted by molar-refractivity contribution is 5.85. The van der Waals surface area contributed by atoms with Crippen molar-refractivity contribution < 1.29 is 4.79 Å². The number of amides is 1. The lowest BCUT2D eigenvalue weighted by Gasteiger charge is -2.32. The van der Waals surface area contributed by atoms with E-state index in [1.54, 1.807) is 0 Å². The van der Waals surface area contributed by atoms with Crippen LogP contribution in [-0.4, -0.2) is 37.0 Å². The minimum Gasteiger partial charge on any atom is -0.342 e. The summed E-state index contributed by atoms with van der Waals surface area (Å²) < 4.78 is 0. The van der Waals surface area contributed by atoms with Gasteiger partial charge in [-0.05, 0) is 31.2 Å². The van der Waals surface area contributed by atoms with Gasteiger partial charge in [-0.2, -0.15) is 0 Å². The molecule has 3 nitrogen and oxygen atoms in total. The highest BCUT2D eigenvalue weighted by Crippen LogP contribution is 2.15. The second-order valence-electron chi connectivity index (χ2n) is 6.07. The molecule has 1 fully saturated rings. The quantitative estimate of drug-likeness (QED) is 0.837. The molecule has 1 aliphatic heterocycles. The molecule has 0 aromatic rings. The summed E-state index contributed by atoms with van der Waals surface area (Å²) in [6, 6.07) is 0. The van der Waals surface area contributed by atoms with Gasteiger partial charge in [0, 0.05) is 19.6 Å². The van der Waals surface area contributed by atoms with Gasteiger partial charge in [-0.15, -0.1) is 12.4 Å². The van der Waals surface area contributed by atoms with Crippen LogP contribution >= 0.6 is 12.4 Å². The summed E-state index contributed by atoms with van der Waals surface area (Å²) in [6.07, 6.45) is 2.19. The Labute approximate surface area is 118 Å². The van der Waals surface area contributed by atoms with E-state index in [-0.39, 0.29) is 18.3 Å². The third kappa shape index (κ3) is 6.05. The van der Waals surface area contributed by atoms with Crippen LogP contribution in [0.5, 0.6) is 0 Å². The second kappa shape index (κ2) is 8.76. The van der Waals surface area contributed by atoms with Crippen molar-refractivity contribution >= 4 is 18.3 Å². The Hall–Kier alpha value is -0.280. The van der Waals surface area contributed by atoms with Gasteiger partial charge in [0.05, 0.1) is 5.92 Å². The molecule has 0 aliphatic carbocycles. The minimum atomic E-state index is 0. The molecule has 0 radical (unpaired) electrons. The summed E-state index contributed by atoms with van der Waals surface area (Å²) in [5.41, 5.74) is 0. The summed E-state index contributed by atoms with van der Waals surface area (Å²) in [6.45, 7) is 12.4. The fourth-order valence-corrected chi connectivity index (χ4v) is 2.46. The minimum absolute atomic E-state index is 0. The van der Waals surface area contributed by atoms with Gasteiger partial charge >= 0.3 is 0 Å². The number of halogens is 1. The fourth-order valence-electron chi connectivity index (χ4n) is 2.46. The molecular formula is C14H29ClN2O. The van der Waals surface area contributed by atoms with Crippen LogP contribution < -0.4 is 5.32 Å². The molecule has 0 aromatic carbocycles. The first-order valence-electron chi connectivity index (χ1n) is 7.00. The molecule has 0 saturated carbocycles. The lowest BCUT2D eigenvalue weighted by Crippen LogP contribution is -2.45. The van der Waals surface area contributed by atoms with Gasteiger partial charge in [0.2, 0.25) is 5.91 Å². The van der Waals surface area contributed by atoms with Crippen molar-refractivity contribution in [1.29, 1.82) is 0 Å². The van der Waals surface area contributed by atoms with E-state index in [0.29, 0.717) is 17.7 Å². The zero-order valence-electron chi connectivity index (χ0n) is 12.2.